The number of rotatable bonds is 4. The van der Waals surface area contributed by atoms with Crippen LogP contribution in [0.4, 0.5) is 0 Å². The standard InChI is InChI=1S/C14H28N2O/c1-15(2)10-12-8-6-5-7-9-13(14(12)17)11-16(3)4/h12-13H,5-11H2,1-4H3/t12-,13-/m0/s1. The minimum absolute atomic E-state index is 0.259. The molecule has 1 aliphatic carbocycles. The van der Waals surface area contributed by atoms with Gasteiger partial charge >= 0.3 is 0 Å². The predicted molar refractivity (Wildman–Crippen MR) is 72.2 cm³/mol. The van der Waals surface area contributed by atoms with Gasteiger partial charge in [-0.3, -0.25) is 4.79 Å². The van der Waals surface area contributed by atoms with Gasteiger partial charge in [0.1, 0.15) is 5.78 Å². The molecule has 100 valence electrons. The van der Waals surface area contributed by atoms with Crippen molar-refractivity contribution in [3.05, 3.63) is 0 Å². The van der Waals surface area contributed by atoms with Gasteiger partial charge in [-0.15, -0.1) is 0 Å². The number of Topliss-reactive ketones (excluding diaryl/α,β-unsaturated/α-hetero) is 1. The number of carbonyl (C=O) groups is 1. The SMILES string of the molecule is CN(C)C[C@@H]1CCCCC[C@@H](CN(C)C)C1=O. The van der Waals surface area contributed by atoms with Crippen molar-refractivity contribution in [3.8, 4) is 0 Å². The maximum atomic E-state index is 12.5. The molecule has 1 aliphatic rings. The Hall–Kier alpha value is -0.410. The summed E-state index contributed by atoms with van der Waals surface area (Å²) in [7, 11) is 8.25. The van der Waals surface area contributed by atoms with Crippen LogP contribution in [0.2, 0.25) is 0 Å². The topological polar surface area (TPSA) is 23.6 Å². The summed E-state index contributed by atoms with van der Waals surface area (Å²) in [6, 6.07) is 0. The van der Waals surface area contributed by atoms with Crippen LogP contribution in [0.15, 0.2) is 0 Å². The molecule has 1 rings (SSSR count). The summed E-state index contributed by atoms with van der Waals surface area (Å²) >= 11 is 0. The highest BCUT2D eigenvalue weighted by atomic mass is 16.1. The second-order valence-corrected chi connectivity index (χ2v) is 5.96. The van der Waals surface area contributed by atoms with Crippen LogP contribution in [0.25, 0.3) is 0 Å². The fourth-order valence-electron chi connectivity index (χ4n) is 2.82. The van der Waals surface area contributed by atoms with Crippen molar-refractivity contribution in [2.24, 2.45) is 11.8 Å². The van der Waals surface area contributed by atoms with E-state index in [1.54, 1.807) is 0 Å². The molecule has 0 aromatic heterocycles. The van der Waals surface area contributed by atoms with Crippen LogP contribution in [0.1, 0.15) is 32.1 Å². The van der Waals surface area contributed by atoms with Crippen molar-refractivity contribution in [1.29, 1.82) is 0 Å². The second-order valence-electron chi connectivity index (χ2n) is 5.96. The Balaban J connectivity index is 2.64. The molecule has 0 bridgehead atoms. The van der Waals surface area contributed by atoms with Crippen molar-refractivity contribution in [1.82, 2.24) is 9.80 Å². The first-order valence-corrected chi connectivity index (χ1v) is 6.84. The zero-order chi connectivity index (χ0) is 12.8. The number of carbonyl (C=O) groups excluding carboxylic acids is 1. The zero-order valence-electron chi connectivity index (χ0n) is 11.9. The van der Waals surface area contributed by atoms with E-state index in [1.165, 1.54) is 19.3 Å². The summed E-state index contributed by atoms with van der Waals surface area (Å²) in [5.41, 5.74) is 0. The molecule has 1 fully saturated rings. The van der Waals surface area contributed by atoms with Crippen LogP contribution in [0.5, 0.6) is 0 Å². The van der Waals surface area contributed by atoms with Crippen molar-refractivity contribution < 1.29 is 4.79 Å². The van der Waals surface area contributed by atoms with Gasteiger partial charge in [-0.1, -0.05) is 19.3 Å². The first-order valence-electron chi connectivity index (χ1n) is 6.84. The van der Waals surface area contributed by atoms with Gasteiger partial charge < -0.3 is 9.80 Å². The lowest BCUT2D eigenvalue weighted by Crippen LogP contribution is -2.37. The van der Waals surface area contributed by atoms with Crippen molar-refractivity contribution in [2.75, 3.05) is 41.3 Å². The minimum atomic E-state index is 0.259. The van der Waals surface area contributed by atoms with Gasteiger partial charge in [-0.2, -0.15) is 0 Å². The van der Waals surface area contributed by atoms with Gasteiger partial charge in [-0.05, 0) is 41.0 Å². The molecule has 0 N–H and O–H groups in total. The fraction of sp³-hybridized carbons (Fsp3) is 0.929. The first kappa shape index (κ1) is 14.7. The normalized spacial score (nSPS) is 27.3. The summed E-state index contributed by atoms with van der Waals surface area (Å²) < 4.78 is 0. The summed E-state index contributed by atoms with van der Waals surface area (Å²) in [5.74, 6) is 1.03. The van der Waals surface area contributed by atoms with Crippen LogP contribution in [0.3, 0.4) is 0 Å². The molecule has 1 saturated carbocycles. The highest BCUT2D eigenvalue weighted by Crippen LogP contribution is 2.24. The molecular formula is C14H28N2O. The van der Waals surface area contributed by atoms with E-state index in [0.29, 0.717) is 5.78 Å². The van der Waals surface area contributed by atoms with E-state index < -0.39 is 0 Å². The Bertz CT molecular complexity index is 216. The summed E-state index contributed by atoms with van der Waals surface area (Å²) in [6.45, 7) is 1.84. The van der Waals surface area contributed by atoms with E-state index in [0.717, 1.165) is 25.9 Å². The van der Waals surface area contributed by atoms with Gasteiger partial charge in [0.05, 0.1) is 0 Å². The van der Waals surface area contributed by atoms with Crippen molar-refractivity contribution in [3.63, 3.8) is 0 Å². The molecule has 3 heteroatoms. The molecule has 0 radical (unpaired) electrons. The Kier molecular flexibility index (Phi) is 6.14. The Morgan fingerprint density at radius 3 is 1.65 bits per heavy atom. The van der Waals surface area contributed by atoms with Gasteiger partial charge in [0.2, 0.25) is 0 Å². The fourth-order valence-corrected chi connectivity index (χ4v) is 2.82. The molecular weight excluding hydrogens is 212 g/mol. The van der Waals surface area contributed by atoms with Crippen LogP contribution in [0, 0.1) is 11.8 Å². The van der Waals surface area contributed by atoms with Gasteiger partial charge in [0.25, 0.3) is 0 Å². The average Bonchev–Trinajstić information content (AvgIpc) is 2.21. The Morgan fingerprint density at radius 1 is 0.882 bits per heavy atom. The number of ketones is 1. The zero-order valence-corrected chi connectivity index (χ0v) is 11.9. The minimum Gasteiger partial charge on any atom is -0.309 e. The van der Waals surface area contributed by atoms with Crippen LogP contribution < -0.4 is 0 Å². The third-order valence-electron chi connectivity index (χ3n) is 3.58. The molecule has 3 nitrogen and oxygen atoms in total. The Labute approximate surface area is 106 Å². The van der Waals surface area contributed by atoms with E-state index in [2.05, 4.69) is 38.0 Å². The lowest BCUT2D eigenvalue weighted by atomic mass is 9.82. The quantitative estimate of drug-likeness (QED) is 0.749. The summed E-state index contributed by atoms with van der Waals surface area (Å²) in [4.78, 5) is 16.8. The van der Waals surface area contributed by atoms with Gasteiger partial charge in [0, 0.05) is 24.9 Å². The lowest BCUT2D eigenvalue weighted by molar-refractivity contribution is -0.128. The average molecular weight is 240 g/mol. The van der Waals surface area contributed by atoms with Crippen molar-refractivity contribution >= 4 is 5.78 Å². The molecule has 17 heavy (non-hydrogen) atoms. The molecule has 0 spiro atoms. The first-order chi connectivity index (χ1) is 8.00. The smallest absolute Gasteiger partial charge is 0.141 e. The number of nitrogens with zero attached hydrogens (tertiary/aromatic N) is 2. The third-order valence-corrected chi connectivity index (χ3v) is 3.58. The van der Waals surface area contributed by atoms with E-state index in [-0.39, 0.29) is 11.8 Å². The van der Waals surface area contributed by atoms with E-state index in [4.69, 9.17) is 0 Å². The van der Waals surface area contributed by atoms with E-state index >= 15 is 0 Å². The summed E-state index contributed by atoms with van der Waals surface area (Å²) in [5, 5.41) is 0. The third kappa shape index (κ3) is 5.17. The monoisotopic (exact) mass is 240 g/mol. The molecule has 2 atom stereocenters. The van der Waals surface area contributed by atoms with Gasteiger partial charge in [-0.25, -0.2) is 0 Å². The molecule has 0 unspecified atom stereocenters. The molecule has 0 aromatic carbocycles. The molecule has 0 aliphatic heterocycles. The maximum absolute atomic E-state index is 12.5. The lowest BCUT2D eigenvalue weighted by Gasteiger charge is -2.28. The van der Waals surface area contributed by atoms with Crippen LogP contribution in [-0.4, -0.2) is 56.9 Å². The molecule has 0 amide bonds. The predicted octanol–water partition coefficient (Wildman–Crippen LogP) is 1.88. The highest BCUT2D eigenvalue weighted by molar-refractivity contribution is 5.84. The van der Waals surface area contributed by atoms with Crippen molar-refractivity contribution in [2.45, 2.75) is 32.1 Å². The molecule has 0 aromatic rings. The van der Waals surface area contributed by atoms with Crippen LogP contribution >= 0.6 is 0 Å². The van der Waals surface area contributed by atoms with E-state index in [9.17, 15) is 4.79 Å². The van der Waals surface area contributed by atoms with E-state index in [1.807, 2.05) is 0 Å². The highest BCUT2D eigenvalue weighted by Gasteiger charge is 2.28. The van der Waals surface area contributed by atoms with Gasteiger partial charge in [0.15, 0.2) is 0 Å². The largest absolute Gasteiger partial charge is 0.309 e. The number of hydrogen-bond donors (Lipinski definition) is 0. The second kappa shape index (κ2) is 7.12. The Morgan fingerprint density at radius 2 is 1.29 bits per heavy atom. The molecule has 0 heterocycles. The number of hydrogen-bond acceptors (Lipinski definition) is 3. The summed E-state index contributed by atoms with van der Waals surface area (Å²) in [6.07, 6.45) is 5.90. The molecule has 0 saturated heterocycles. The van der Waals surface area contributed by atoms with Crippen LogP contribution in [-0.2, 0) is 4.79 Å². The maximum Gasteiger partial charge on any atom is 0.141 e.